The number of esters is 1. The summed E-state index contributed by atoms with van der Waals surface area (Å²) in [4.78, 5) is 33.8. The SMILES string of the molecule is CCOC(=O)/C(=C\c1nc(-c2ccccc2)oc1O)C(=O)c1cc2ccc(F)cc2[n-]1.[K+]. The van der Waals surface area contributed by atoms with Crippen LogP contribution in [0.2, 0.25) is 0 Å². The topological polar surface area (TPSA) is 104 Å². The number of oxazole rings is 1. The first-order valence-corrected chi connectivity index (χ1v) is 9.38. The molecule has 0 aliphatic rings. The van der Waals surface area contributed by atoms with Crippen molar-refractivity contribution in [2.75, 3.05) is 6.61 Å². The van der Waals surface area contributed by atoms with E-state index < -0.39 is 29.1 Å². The predicted octanol–water partition coefficient (Wildman–Crippen LogP) is 1.13. The number of carbonyl (C=O) groups is 2. The van der Waals surface area contributed by atoms with E-state index in [1.54, 1.807) is 31.2 Å². The normalized spacial score (nSPS) is 11.2. The Hall–Kier alpha value is -2.56. The van der Waals surface area contributed by atoms with Crippen molar-refractivity contribution in [1.29, 1.82) is 0 Å². The first-order chi connectivity index (χ1) is 15.0. The van der Waals surface area contributed by atoms with Gasteiger partial charge in [0.05, 0.1) is 6.61 Å². The van der Waals surface area contributed by atoms with Crippen molar-refractivity contribution < 1.29 is 79.6 Å². The van der Waals surface area contributed by atoms with Gasteiger partial charge in [-0.1, -0.05) is 36.0 Å². The minimum atomic E-state index is -0.908. The van der Waals surface area contributed by atoms with E-state index >= 15 is 0 Å². The standard InChI is InChI=1S/C23H17FN2O5.K/c1-2-30-22(28)16(20(27)18-10-14-8-9-15(24)11-17(14)25-18)12-19-23(29)31-21(26-19)13-6-4-3-5-7-13;/h3-12H,2H2,1H3,(H2,25,27,28,29);/q;+1/p-1. The third-order valence-electron chi connectivity index (χ3n) is 4.43. The monoisotopic (exact) mass is 458 g/mol. The molecule has 2 aromatic heterocycles. The Morgan fingerprint density at radius 2 is 1.94 bits per heavy atom. The number of rotatable bonds is 6. The summed E-state index contributed by atoms with van der Waals surface area (Å²) < 4.78 is 23.7. The van der Waals surface area contributed by atoms with Crippen molar-refractivity contribution >= 4 is 28.7 Å². The Kier molecular flexibility index (Phi) is 7.80. The van der Waals surface area contributed by atoms with Crippen LogP contribution in [0, 0.1) is 5.82 Å². The average molecular weight is 458 g/mol. The Bertz CT molecular complexity index is 1310. The van der Waals surface area contributed by atoms with Crippen LogP contribution in [0.1, 0.15) is 23.1 Å². The summed E-state index contributed by atoms with van der Waals surface area (Å²) in [5.74, 6) is -2.59. The van der Waals surface area contributed by atoms with E-state index in [2.05, 4.69) is 9.97 Å². The van der Waals surface area contributed by atoms with Crippen LogP contribution in [0.4, 0.5) is 4.39 Å². The molecule has 0 saturated carbocycles. The maximum atomic E-state index is 13.5. The van der Waals surface area contributed by atoms with E-state index in [0.717, 1.165) is 6.08 Å². The molecule has 0 unspecified atom stereocenters. The maximum absolute atomic E-state index is 13.5. The molecule has 7 nitrogen and oxygen atoms in total. The van der Waals surface area contributed by atoms with E-state index in [-0.39, 0.29) is 80.8 Å². The molecule has 0 aliphatic carbocycles. The number of aromatic nitrogens is 2. The van der Waals surface area contributed by atoms with E-state index in [1.807, 2.05) is 6.07 Å². The van der Waals surface area contributed by atoms with Crippen LogP contribution in [0.15, 0.2) is 64.6 Å². The summed E-state index contributed by atoms with van der Waals surface area (Å²) in [6, 6.07) is 14.2. The van der Waals surface area contributed by atoms with Gasteiger partial charge in [-0.3, -0.25) is 4.79 Å². The molecule has 4 aromatic rings. The fraction of sp³-hybridized carbons (Fsp3) is 0.0870. The smallest absolute Gasteiger partial charge is 0.654 e. The zero-order valence-electron chi connectivity index (χ0n) is 17.3. The first kappa shape index (κ1) is 24.1. The molecule has 0 spiro atoms. The Balaban J connectivity index is 0.00000289. The van der Waals surface area contributed by atoms with E-state index in [4.69, 9.17) is 9.15 Å². The van der Waals surface area contributed by atoms with E-state index in [9.17, 15) is 19.1 Å². The van der Waals surface area contributed by atoms with Crippen LogP contribution in [0.3, 0.4) is 0 Å². The maximum Gasteiger partial charge on any atom is 1.00 e. The molecule has 0 radical (unpaired) electrons. The van der Waals surface area contributed by atoms with Crippen molar-refractivity contribution in [2.45, 2.75) is 6.92 Å². The second-order valence-electron chi connectivity index (χ2n) is 6.53. The van der Waals surface area contributed by atoms with Gasteiger partial charge in [0.2, 0.25) is 5.89 Å². The van der Waals surface area contributed by atoms with Crippen LogP contribution in [0.25, 0.3) is 28.4 Å². The number of benzene rings is 2. The van der Waals surface area contributed by atoms with Gasteiger partial charge in [-0.2, -0.15) is 0 Å². The number of fused-ring (bicyclic) bond motifs is 1. The van der Waals surface area contributed by atoms with Crippen LogP contribution in [-0.4, -0.2) is 28.4 Å². The minimum absolute atomic E-state index is 0. The van der Waals surface area contributed by atoms with Crippen LogP contribution < -0.4 is 56.4 Å². The number of hydrogen-bond acceptors (Lipinski definition) is 6. The molecule has 2 heterocycles. The number of carbonyl (C=O) groups excluding carboxylic acids is 2. The summed E-state index contributed by atoms with van der Waals surface area (Å²) >= 11 is 0. The van der Waals surface area contributed by atoms with Crippen molar-refractivity contribution in [3.63, 3.8) is 0 Å². The van der Waals surface area contributed by atoms with Gasteiger partial charge in [-0.15, -0.1) is 5.52 Å². The molecule has 0 aliphatic heterocycles. The number of halogens is 1. The quantitative estimate of drug-likeness (QED) is 0.115. The number of aromatic hydroxyl groups is 1. The Morgan fingerprint density at radius 1 is 1.19 bits per heavy atom. The third kappa shape index (κ3) is 5.08. The van der Waals surface area contributed by atoms with Crippen molar-refractivity contribution in [3.05, 3.63) is 77.4 Å². The molecule has 0 saturated heterocycles. The second-order valence-corrected chi connectivity index (χ2v) is 6.53. The number of nitrogens with zero attached hydrogens (tertiary/aromatic N) is 2. The van der Waals surface area contributed by atoms with Gasteiger partial charge in [-0.05, 0) is 42.7 Å². The second kappa shape index (κ2) is 10.4. The number of ketones is 1. The van der Waals surface area contributed by atoms with Gasteiger partial charge in [-0.25, -0.2) is 14.2 Å². The Labute approximate surface area is 224 Å². The fourth-order valence-corrected chi connectivity index (χ4v) is 2.98. The summed E-state index contributed by atoms with van der Waals surface area (Å²) in [6.07, 6.45) is 1.09. The average Bonchev–Trinajstić information content (AvgIpc) is 3.35. The van der Waals surface area contributed by atoms with Gasteiger partial charge in [0.15, 0.2) is 5.78 Å². The first-order valence-electron chi connectivity index (χ1n) is 9.38. The van der Waals surface area contributed by atoms with Crippen LogP contribution in [0.5, 0.6) is 5.95 Å². The largest absolute Gasteiger partial charge is 1.00 e. The van der Waals surface area contributed by atoms with Crippen molar-refractivity contribution in [2.24, 2.45) is 0 Å². The van der Waals surface area contributed by atoms with Gasteiger partial charge in [0.1, 0.15) is 17.1 Å². The molecule has 0 fully saturated rings. The van der Waals surface area contributed by atoms with E-state index in [1.165, 1.54) is 24.3 Å². The molecule has 1 N–H and O–H groups in total. The summed E-state index contributed by atoms with van der Waals surface area (Å²) in [6.45, 7) is 1.63. The van der Waals surface area contributed by atoms with Crippen molar-refractivity contribution in [1.82, 2.24) is 9.97 Å². The molecule has 32 heavy (non-hydrogen) atoms. The fourth-order valence-electron chi connectivity index (χ4n) is 2.98. The van der Waals surface area contributed by atoms with Gasteiger partial charge < -0.3 is 19.2 Å². The van der Waals surface area contributed by atoms with Crippen molar-refractivity contribution in [3.8, 4) is 17.4 Å². The molecule has 0 atom stereocenters. The molecular formula is C23H16FKN2O5. The van der Waals surface area contributed by atoms with Crippen LogP contribution in [-0.2, 0) is 9.53 Å². The molecular weight excluding hydrogens is 442 g/mol. The molecule has 0 amide bonds. The number of Topliss-reactive ketones (excluding diaryl/α,β-unsaturated/α-hetero) is 1. The Morgan fingerprint density at radius 3 is 2.66 bits per heavy atom. The van der Waals surface area contributed by atoms with Crippen LogP contribution >= 0.6 is 0 Å². The minimum Gasteiger partial charge on any atom is -0.654 e. The summed E-state index contributed by atoms with van der Waals surface area (Å²) in [5, 5.41) is 10.7. The molecule has 4 rings (SSSR count). The number of hydrogen-bond donors (Lipinski definition) is 1. The molecule has 0 bridgehead atoms. The molecule has 2 aromatic carbocycles. The van der Waals surface area contributed by atoms with Gasteiger partial charge >= 0.3 is 63.3 Å². The summed E-state index contributed by atoms with van der Waals surface area (Å²) in [7, 11) is 0. The number of ether oxygens (including phenoxy) is 1. The molecule has 156 valence electrons. The third-order valence-corrected chi connectivity index (χ3v) is 4.43. The van der Waals surface area contributed by atoms with Gasteiger partial charge in [0, 0.05) is 5.56 Å². The predicted molar refractivity (Wildman–Crippen MR) is 110 cm³/mol. The zero-order chi connectivity index (χ0) is 22.0. The van der Waals surface area contributed by atoms with E-state index in [0.29, 0.717) is 10.9 Å². The van der Waals surface area contributed by atoms with Gasteiger partial charge in [0.25, 0.3) is 0 Å². The zero-order valence-corrected chi connectivity index (χ0v) is 20.5. The molecule has 9 heteroatoms. The summed E-state index contributed by atoms with van der Waals surface area (Å²) in [5.41, 5.74) is 0.312.